The molecule has 1 heterocycles. The van der Waals surface area contributed by atoms with Gasteiger partial charge >= 0.3 is 0 Å². The highest BCUT2D eigenvalue weighted by atomic mass is 19.1. The molecule has 0 bridgehead atoms. The van der Waals surface area contributed by atoms with Gasteiger partial charge in [-0.1, -0.05) is 19.1 Å². The number of morpholine rings is 1. The molecule has 1 saturated heterocycles. The average Bonchev–Trinajstić information content (AvgIpc) is 2.67. The summed E-state index contributed by atoms with van der Waals surface area (Å²) in [7, 11) is 1.70. The van der Waals surface area contributed by atoms with Crippen LogP contribution in [0, 0.1) is 5.82 Å². The van der Waals surface area contributed by atoms with Gasteiger partial charge in [-0.25, -0.2) is 4.39 Å². The van der Waals surface area contributed by atoms with Crippen molar-refractivity contribution in [3.05, 3.63) is 59.9 Å². The van der Waals surface area contributed by atoms with Gasteiger partial charge in [-0.05, 0) is 60.7 Å². The van der Waals surface area contributed by atoms with E-state index >= 15 is 0 Å². The van der Waals surface area contributed by atoms with Crippen LogP contribution in [0.5, 0.6) is 5.75 Å². The van der Waals surface area contributed by atoms with Crippen molar-refractivity contribution in [1.29, 1.82) is 0 Å². The Labute approximate surface area is 149 Å². The third-order valence-corrected chi connectivity index (χ3v) is 4.98. The molecule has 4 heteroatoms. The molecular weight excluding hydrogens is 317 g/mol. The lowest BCUT2D eigenvalue weighted by Gasteiger charge is -2.38. The van der Waals surface area contributed by atoms with E-state index in [0.717, 1.165) is 44.0 Å². The van der Waals surface area contributed by atoms with Crippen molar-refractivity contribution in [3.63, 3.8) is 0 Å². The van der Waals surface area contributed by atoms with E-state index in [-0.39, 0.29) is 5.82 Å². The molecular formula is C21H26FNO2. The molecule has 2 aromatic carbocycles. The molecule has 25 heavy (non-hydrogen) atoms. The van der Waals surface area contributed by atoms with Gasteiger partial charge in [0.25, 0.3) is 0 Å². The molecule has 0 aliphatic carbocycles. The zero-order chi connectivity index (χ0) is 17.6. The Bertz CT molecular complexity index is 674. The number of methoxy groups -OCH3 is 1. The van der Waals surface area contributed by atoms with E-state index in [9.17, 15) is 4.39 Å². The molecule has 1 unspecified atom stereocenters. The fourth-order valence-electron chi connectivity index (χ4n) is 3.42. The van der Waals surface area contributed by atoms with E-state index in [1.165, 1.54) is 17.7 Å². The maximum atomic E-state index is 13.2. The maximum Gasteiger partial charge on any atom is 0.123 e. The molecule has 0 radical (unpaired) electrons. The van der Waals surface area contributed by atoms with Crippen molar-refractivity contribution in [2.24, 2.45) is 0 Å². The van der Waals surface area contributed by atoms with Crippen molar-refractivity contribution < 1.29 is 13.9 Å². The predicted octanol–water partition coefficient (Wildman–Crippen LogP) is 4.62. The highest BCUT2D eigenvalue weighted by molar-refractivity contribution is 5.47. The molecule has 0 N–H and O–H groups in total. The molecule has 1 aliphatic heterocycles. The van der Waals surface area contributed by atoms with Crippen molar-refractivity contribution in [1.82, 2.24) is 0 Å². The molecule has 0 saturated carbocycles. The van der Waals surface area contributed by atoms with Gasteiger partial charge in [-0.15, -0.1) is 0 Å². The zero-order valence-electron chi connectivity index (χ0n) is 15.0. The number of halogens is 1. The molecule has 3 rings (SSSR count). The number of hydrogen-bond donors (Lipinski definition) is 0. The summed E-state index contributed by atoms with van der Waals surface area (Å²) in [5, 5.41) is 0. The molecule has 0 spiro atoms. The minimum Gasteiger partial charge on any atom is -0.497 e. The van der Waals surface area contributed by atoms with E-state index in [4.69, 9.17) is 9.47 Å². The fraction of sp³-hybridized carbons (Fsp3) is 0.429. The number of ether oxygens (including phenoxy) is 2. The van der Waals surface area contributed by atoms with E-state index in [1.54, 1.807) is 7.11 Å². The standard InChI is InChI=1S/C21H26FNO2/c1-16(17-4-3-5-21(14-17)24-2)6-9-20-15-25-13-12-23(20)19-10-7-18(22)8-11-19/h3-5,7-8,10-11,14,16,20H,6,9,12-13,15H2,1-2H3/t16-,20?/m0/s1. The second-order valence-electron chi connectivity index (χ2n) is 6.65. The topological polar surface area (TPSA) is 21.7 Å². The molecule has 0 amide bonds. The third kappa shape index (κ3) is 4.51. The maximum absolute atomic E-state index is 13.2. The summed E-state index contributed by atoms with van der Waals surface area (Å²) in [5.74, 6) is 1.16. The smallest absolute Gasteiger partial charge is 0.123 e. The number of hydrogen-bond acceptors (Lipinski definition) is 3. The molecule has 3 nitrogen and oxygen atoms in total. The number of nitrogens with zero attached hydrogens (tertiary/aromatic N) is 1. The van der Waals surface area contributed by atoms with Gasteiger partial charge < -0.3 is 14.4 Å². The SMILES string of the molecule is COc1cccc([C@@H](C)CCC2COCCN2c2ccc(F)cc2)c1. The first-order valence-corrected chi connectivity index (χ1v) is 8.91. The molecule has 2 atom stereocenters. The highest BCUT2D eigenvalue weighted by Crippen LogP contribution is 2.28. The Morgan fingerprint density at radius 3 is 2.80 bits per heavy atom. The van der Waals surface area contributed by atoms with Crippen LogP contribution in [0.25, 0.3) is 0 Å². The van der Waals surface area contributed by atoms with Gasteiger partial charge in [0, 0.05) is 12.2 Å². The Morgan fingerprint density at radius 1 is 1.24 bits per heavy atom. The van der Waals surface area contributed by atoms with Gasteiger partial charge in [-0.3, -0.25) is 0 Å². The summed E-state index contributed by atoms with van der Waals surface area (Å²) in [6.45, 7) is 4.55. The quantitative estimate of drug-likeness (QED) is 0.764. The van der Waals surface area contributed by atoms with Crippen molar-refractivity contribution in [2.45, 2.75) is 31.7 Å². The van der Waals surface area contributed by atoms with E-state index in [0.29, 0.717) is 12.0 Å². The van der Waals surface area contributed by atoms with Crippen molar-refractivity contribution in [2.75, 3.05) is 31.8 Å². The highest BCUT2D eigenvalue weighted by Gasteiger charge is 2.24. The first-order valence-electron chi connectivity index (χ1n) is 8.91. The second-order valence-corrected chi connectivity index (χ2v) is 6.65. The van der Waals surface area contributed by atoms with Crippen LogP contribution in [-0.4, -0.2) is 32.9 Å². The summed E-state index contributed by atoms with van der Waals surface area (Å²) in [6.07, 6.45) is 2.11. The van der Waals surface area contributed by atoms with Crippen molar-refractivity contribution in [3.8, 4) is 5.75 Å². The Kier molecular flexibility index (Phi) is 5.92. The largest absolute Gasteiger partial charge is 0.497 e. The minimum absolute atomic E-state index is 0.194. The lowest BCUT2D eigenvalue weighted by atomic mass is 9.93. The van der Waals surface area contributed by atoms with E-state index in [2.05, 4.69) is 24.0 Å². The third-order valence-electron chi connectivity index (χ3n) is 4.98. The lowest BCUT2D eigenvalue weighted by Crippen LogP contribution is -2.45. The molecule has 134 valence electrons. The summed E-state index contributed by atoms with van der Waals surface area (Å²) >= 11 is 0. The van der Waals surface area contributed by atoms with Gasteiger partial charge in [0.1, 0.15) is 11.6 Å². The Balaban J connectivity index is 1.64. The summed E-state index contributed by atoms with van der Waals surface area (Å²) in [5.41, 5.74) is 2.37. The van der Waals surface area contributed by atoms with Gasteiger partial charge in [0.15, 0.2) is 0 Å². The second kappa shape index (κ2) is 8.34. The predicted molar refractivity (Wildman–Crippen MR) is 99.0 cm³/mol. The lowest BCUT2D eigenvalue weighted by molar-refractivity contribution is 0.0904. The minimum atomic E-state index is -0.194. The van der Waals surface area contributed by atoms with E-state index in [1.807, 2.05) is 24.3 Å². The van der Waals surface area contributed by atoms with Crippen LogP contribution in [0.3, 0.4) is 0 Å². The van der Waals surface area contributed by atoms with Crippen LogP contribution in [0.4, 0.5) is 10.1 Å². The van der Waals surface area contributed by atoms with Crippen LogP contribution in [0.2, 0.25) is 0 Å². The Morgan fingerprint density at radius 2 is 2.04 bits per heavy atom. The normalized spacial score (nSPS) is 18.8. The van der Waals surface area contributed by atoms with Gasteiger partial charge in [0.2, 0.25) is 0 Å². The summed E-state index contributed by atoms with van der Waals surface area (Å²) < 4.78 is 24.2. The monoisotopic (exact) mass is 343 g/mol. The van der Waals surface area contributed by atoms with E-state index < -0.39 is 0 Å². The summed E-state index contributed by atoms with van der Waals surface area (Å²) in [6, 6.07) is 15.4. The fourth-order valence-corrected chi connectivity index (χ4v) is 3.42. The molecule has 0 aromatic heterocycles. The van der Waals surface area contributed by atoms with Crippen LogP contribution in [-0.2, 0) is 4.74 Å². The van der Waals surface area contributed by atoms with Crippen LogP contribution in [0.15, 0.2) is 48.5 Å². The van der Waals surface area contributed by atoms with Crippen LogP contribution in [0.1, 0.15) is 31.2 Å². The average molecular weight is 343 g/mol. The summed E-state index contributed by atoms with van der Waals surface area (Å²) in [4.78, 5) is 2.35. The molecule has 1 fully saturated rings. The number of anilines is 1. The van der Waals surface area contributed by atoms with Crippen molar-refractivity contribution >= 4 is 5.69 Å². The molecule has 2 aromatic rings. The van der Waals surface area contributed by atoms with Crippen LogP contribution >= 0.6 is 0 Å². The molecule has 1 aliphatic rings. The van der Waals surface area contributed by atoms with Gasteiger partial charge in [0.05, 0.1) is 26.4 Å². The Hall–Kier alpha value is -2.07. The zero-order valence-corrected chi connectivity index (χ0v) is 15.0. The van der Waals surface area contributed by atoms with Gasteiger partial charge in [-0.2, -0.15) is 0 Å². The first-order chi connectivity index (χ1) is 12.2. The number of rotatable bonds is 6. The van der Waals surface area contributed by atoms with Crippen LogP contribution < -0.4 is 9.64 Å². The first kappa shape index (κ1) is 17.7. The number of benzene rings is 2.